The van der Waals surface area contributed by atoms with Crippen LogP contribution in [0.2, 0.25) is 5.02 Å². The van der Waals surface area contributed by atoms with E-state index in [2.05, 4.69) is 9.88 Å². The SMILES string of the molecule is COc1ccc(CN2CCC[C@](O)(COc3cc(C)ccc3Cl)C2)cc1OCCn1ccnc1. The summed E-state index contributed by atoms with van der Waals surface area (Å²) in [5.74, 6) is 2.03. The van der Waals surface area contributed by atoms with E-state index in [0.717, 1.165) is 24.1 Å². The van der Waals surface area contributed by atoms with Crippen molar-refractivity contribution >= 4 is 11.6 Å². The average Bonchev–Trinajstić information content (AvgIpc) is 3.34. The zero-order valence-electron chi connectivity index (χ0n) is 19.7. The Hall–Kier alpha value is -2.74. The molecule has 0 amide bonds. The summed E-state index contributed by atoms with van der Waals surface area (Å²) in [5.41, 5.74) is 1.24. The van der Waals surface area contributed by atoms with Crippen LogP contribution in [-0.4, -0.2) is 58.6 Å². The molecule has 1 aliphatic heterocycles. The summed E-state index contributed by atoms with van der Waals surface area (Å²) in [5, 5.41) is 11.8. The number of benzene rings is 2. The molecule has 2 heterocycles. The highest BCUT2D eigenvalue weighted by molar-refractivity contribution is 6.32. The number of methoxy groups -OCH3 is 1. The molecule has 7 nitrogen and oxygen atoms in total. The zero-order valence-corrected chi connectivity index (χ0v) is 20.5. The van der Waals surface area contributed by atoms with Gasteiger partial charge in [0, 0.05) is 25.5 Å². The molecule has 4 rings (SSSR count). The van der Waals surface area contributed by atoms with E-state index in [0.29, 0.717) is 54.9 Å². The maximum atomic E-state index is 11.2. The van der Waals surface area contributed by atoms with Crippen molar-refractivity contribution in [3.05, 3.63) is 71.3 Å². The third-order valence-electron chi connectivity index (χ3n) is 6.02. The third-order valence-corrected chi connectivity index (χ3v) is 6.33. The Morgan fingerprint density at radius 2 is 2.00 bits per heavy atom. The number of ether oxygens (including phenoxy) is 3. The Morgan fingerprint density at radius 3 is 2.79 bits per heavy atom. The predicted octanol–water partition coefficient (Wildman–Crippen LogP) is 4.34. The molecule has 1 aromatic heterocycles. The lowest BCUT2D eigenvalue weighted by atomic mass is 9.93. The van der Waals surface area contributed by atoms with Crippen LogP contribution < -0.4 is 14.2 Å². The highest BCUT2D eigenvalue weighted by Gasteiger charge is 2.34. The molecule has 182 valence electrons. The number of imidazole rings is 1. The van der Waals surface area contributed by atoms with E-state index < -0.39 is 5.60 Å². The van der Waals surface area contributed by atoms with Gasteiger partial charge in [-0.05, 0) is 61.7 Å². The van der Waals surface area contributed by atoms with Gasteiger partial charge in [0.15, 0.2) is 11.5 Å². The van der Waals surface area contributed by atoms with Gasteiger partial charge >= 0.3 is 0 Å². The van der Waals surface area contributed by atoms with E-state index in [4.69, 9.17) is 25.8 Å². The van der Waals surface area contributed by atoms with Gasteiger partial charge in [0.25, 0.3) is 0 Å². The molecule has 8 heteroatoms. The number of halogens is 1. The van der Waals surface area contributed by atoms with E-state index >= 15 is 0 Å². The van der Waals surface area contributed by atoms with Crippen LogP contribution >= 0.6 is 11.6 Å². The van der Waals surface area contributed by atoms with Crippen LogP contribution in [0.1, 0.15) is 24.0 Å². The molecule has 1 atom stereocenters. The van der Waals surface area contributed by atoms with Gasteiger partial charge in [0.2, 0.25) is 0 Å². The van der Waals surface area contributed by atoms with Crippen molar-refractivity contribution < 1.29 is 19.3 Å². The van der Waals surface area contributed by atoms with E-state index in [1.807, 2.05) is 54.1 Å². The smallest absolute Gasteiger partial charge is 0.161 e. The van der Waals surface area contributed by atoms with Crippen LogP contribution in [-0.2, 0) is 13.1 Å². The number of β-amino-alcohol motifs (C(OH)–C–C–N with tert-alkyl or cyclic N) is 1. The number of nitrogens with zero attached hydrogens (tertiary/aromatic N) is 3. The number of aliphatic hydroxyl groups is 1. The standard InChI is InChI=1S/C26H32ClN3O4/c1-20-4-6-22(27)24(14-20)34-18-26(31)8-3-10-30(17-26)16-21-5-7-23(32-2)25(15-21)33-13-12-29-11-9-28-19-29/h4-7,9,11,14-15,19,31H,3,8,10,12-13,16-18H2,1-2H3/t26-/m1/s1. The molecule has 0 bridgehead atoms. The molecular formula is C26H32ClN3O4. The molecule has 1 fully saturated rings. The van der Waals surface area contributed by atoms with E-state index in [1.54, 1.807) is 19.6 Å². The fourth-order valence-corrected chi connectivity index (χ4v) is 4.43. The van der Waals surface area contributed by atoms with Crippen molar-refractivity contribution in [2.45, 2.75) is 38.5 Å². The van der Waals surface area contributed by atoms with Gasteiger partial charge in [-0.1, -0.05) is 23.7 Å². The lowest BCUT2D eigenvalue weighted by Crippen LogP contribution is -2.51. The minimum Gasteiger partial charge on any atom is -0.493 e. The van der Waals surface area contributed by atoms with Crippen molar-refractivity contribution in [3.8, 4) is 17.2 Å². The van der Waals surface area contributed by atoms with Crippen LogP contribution in [0.4, 0.5) is 0 Å². The lowest BCUT2D eigenvalue weighted by molar-refractivity contribution is -0.0621. The van der Waals surface area contributed by atoms with Crippen LogP contribution in [0, 0.1) is 6.92 Å². The molecule has 34 heavy (non-hydrogen) atoms. The summed E-state index contributed by atoms with van der Waals surface area (Å²) in [6.45, 7) is 5.56. The lowest BCUT2D eigenvalue weighted by Gasteiger charge is -2.39. The number of aromatic nitrogens is 2. The number of hydrogen-bond donors (Lipinski definition) is 1. The van der Waals surface area contributed by atoms with Crippen molar-refractivity contribution in [1.82, 2.24) is 14.5 Å². The normalized spacial score (nSPS) is 18.6. The second-order valence-corrected chi connectivity index (χ2v) is 9.30. The first kappa shape index (κ1) is 24.4. The molecule has 1 saturated heterocycles. The number of piperidine rings is 1. The average molecular weight is 486 g/mol. The molecule has 0 spiro atoms. The molecule has 1 N–H and O–H groups in total. The summed E-state index contributed by atoms with van der Waals surface area (Å²) in [7, 11) is 1.64. The Morgan fingerprint density at radius 1 is 1.12 bits per heavy atom. The first-order valence-electron chi connectivity index (χ1n) is 11.5. The van der Waals surface area contributed by atoms with E-state index in [-0.39, 0.29) is 6.61 Å². The van der Waals surface area contributed by atoms with Crippen molar-refractivity contribution in [1.29, 1.82) is 0 Å². The number of rotatable bonds is 10. The minimum absolute atomic E-state index is 0.206. The van der Waals surface area contributed by atoms with E-state index in [9.17, 15) is 5.11 Å². The minimum atomic E-state index is -0.929. The summed E-state index contributed by atoms with van der Waals surface area (Å²) in [6, 6.07) is 11.7. The molecule has 0 aliphatic carbocycles. The van der Waals surface area contributed by atoms with Crippen molar-refractivity contribution in [2.24, 2.45) is 0 Å². The van der Waals surface area contributed by atoms with Gasteiger partial charge in [-0.2, -0.15) is 0 Å². The second kappa shape index (κ2) is 11.1. The molecule has 0 radical (unpaired) electrons. The first-order valence-corrected chi connectivity index (χ1v) is 11.9. The quantitative estimate of drug-likeness (QED) is 0.460. The highest BCUT2D eigenvalue weighted by atomic mass is 35.5. The van der Waals surface area contributed by atoms with E-state index in [1.165, 1.54) is 0 Å². The van der Waals surface area contributed by atoms with Crippen molar-refractivity contribution in [3.63, 3.8) is 0 Å². The number of hydrogen-bond acceptors (Lipinski definition) is 6. The van der Waals surface area contributed by atoms with Crippen molar-refractivity contribution in [2.75, 3.05) is 33.4 Å². The number of likely N-dealkylation sites (tertiary alicyclic amines) is 1. The molecule has 0 saturated carbocycles. The molecular weight excluding hydrogens is 454 g/mol. The fraction of sp³-hybridized carbons (Fsp3) is 0.423. The summed E-state index contributed by atoms with van der Waals surface area (Å²) in [6.07, 6.45) is 7.02. The molecule has 0 unspecified atom stereocenters. The third kappa shape index (κ3) is 6.44. The van der Waals surface area contributed by atoms with Crippen LogP contribution in [0.25, 0.3) is 0 Å². The first-order chi connectivity index (χ1) is 16.4. The Balaban J connectivity index is 1.36. The molecule has 3 aromatic rings. The second-order valence-electron chi connectivity index (χ2n) is 8.90. The Labute approximate surface area is 205 Å². The van der Waals surface area contributed by atoms with Gasteiger partial charge in [0.1, 0.15) is 24.6 Å². The Bertz CT molecular complexity index is 1080. The predicted molar refractivity (Wildman–Crippen MR) is 132 cm³/mol. The summed E-state index contributed by atoms with van der Waals surface area (Å²) in [4.78, 5) is 6.30. The summed E-state index contributed by atoms with van der Waals surface area (Å²) >= 11 is 6.26. The maximum Gasteiger partial charge on any atom is 0.161 e. The van der Waals surface area contributed by atoms with Gasteiger partial charge in [-0.3, -0.25) is 4.90 Å². The summed E-state index contributed by atoms with van der Waals surface area (Å²) < 4.78 is 19.4. The van der Waals surface area contributed by atoms with Gasteiger partial charge < -0.3 is 23.9 Å². The fourth-order valence-electron chi connectivity index (χ4n) is 4.26. The van der Waals surface area contributed by atoms with Gasteiger partial charge in [-0.25, -0.2) is 4.98 Å². The highest BCUT2D eigenvalue weighted by Crippen LogP contribution is 2.31. The van der Waals surface area contributed by atoms with Gasteiger partial charge in [0.05, 0.1) is 25.0 Å². The monoisotopic (exact) mass is 485 g/mol. The van der Waals surface area contributed by atoms with Crippen LogP contribution in [0.5, 0.6) is 17.2 Å². The maximum absolute atomic E-state index is 11.2. The molecule has 1 aliphatic rings. The Kier molecular flexibility index (Phi) is 7.98. The van der Waals surface area contributed by atoms with Crippen LogP contribution in [0.3, 0.4) is 0 Å². The zero-order chi connectivity index (χ0) is 24.0. The molecule has 2 aromatic carbocycles. The number of aryl methyl sites for hydroxylation is 1. The van der Waals surface area contributed by atoms with Gasteiger partial charge in [-0.15, -0.1) is 0 Å². The largest absolute Gasteiger partial charge is 0.493 e. The topological polar surface area (TPSA) is 69.0 Å². The van der Waals surface area contributed by atoms with Crippen LogP contribution in [0.15, 0.2) is 55.1 Å².